The average Bonchev–Trinajstić information content (AvgIpc) is 2.57. The van der Waals surface area contributed by atoms with E-state index >= 15 is 0 Å². The number of hydrogen-bond donors (Lipinski definition) is 2. The highest BCUT2D eigenvalue weighted by Crippen LogP contribution is 2.28. The number of anilines is 1. The Kier molecular flexibility index (Phi) is 4.52. The lowest BCUT2D eigenvalue weighted by Crippen LogP contribution is -2.40. The van der Waals surface area contributed by atoms with Gasteiger partial charge in [-0.05, 0) is 32.6 Å². The quantitative estimate of drug-likeness (QED) is 0.831. The van der Waals surface area contributed by atoms with Crippen molar-refractivity contribution in [3.8, 4) is 0 Å². The van der Waals surface area contributed by atoms with E-state index in [9.17, 15) is 9.59 Å². The van der Waals surface area contributed by atoms with Crippen molar-refractivity contribution in [2.75, 3.05) is 5.32 Å². The number of carbonyl (C=O) groups excluding carboxylic acids is 2. The Hall–Kier alpha value is -1.43. The minimum absolute atomic E-state index is 0.211. The first-order valence-corrected chi connectivity index (χ1v) is 7.44. The van der Waals surface area contributed by atoms with Crippen LogP contribution in [0, 0.1) is 0 Å². The van der Waals surface area contributed by atoms with Crippen LogP contribution in [0.3, 0.4) is 0 Å². The zero-order valence-electron chi connectivity index (χ0n) is 11.3. The summed E-state index contributed by atoms with van der Waals surface area (Å²) in [6, 6.07) is -0.541. The molecule has 6 heteroatoms. The minimum Gasteiger partial charge on any atom is -0.345 e. The molecule has 0 saturated carbocycles. The van der Waals surface area contributed by atoms with Gasteiger partial charge in [0.05, 0.1) is 5.69 Å². The van der Waals surface area contributed by atoms with E-state index in [-0.39, 0.29) is 11.8 Å². The maximum atomic E-state index is 11.9. The fourth-order valence-electron chi connectivity index (χ4n) is 2.17. The fraction of sp³-hybridized carbons (Fsp3) is 0.615. The molecule has 19 heavy (non-hydrogen) atoms. The molecular weight excluding hydrogens is 262 g/mol. The van der Waals surface area contributed by atoms with Gasteiger partial charge in [-0.1, -0.05) is 6.42 Å². The zero-order chi connectivity index (χ0) is 13.8. The van der Waals surface area contributed by atoms with Gasteiger partial charge in [-0.3, -0.25) is 9.59 Å². The molecule has 2 amide bonds. The number of amides is 2. The molecule has 1 atom stereocenters. The Morgan fingerprint density at radius 1 is 1.26 bits per heavy atom. The molecule has 5 nitrogen and oxygen atoms in total. The third kappa shape index (κ3) is 3.76. The number of aromatic nitrogens is 1. The summed E-state index contributed by atoms with van der Waals surface area (Å²) in [4.78, 5) is 28.6. The van der Waals surface area contributed by atoms with Crippen molar-refractivity contribution < 1.29 is 9.59 Å². The molecule has 0 spiro atoms. The highest BCUT2D eigenvalue weighted by molar-refractivity contribution is 7.15. The summed E-state index contributed by atoms with van der Waals surface area (Å²) >= 11 is 1.56. The Bertz CT molecular complexity index is 461. The highest BCUT2D eigenvalue weighted by Gasteiger charge is 2.18. The summed E-state index contributed by atoms with van der Waals surface area (Å²) in [6.07, 6.45) is 5.69. The summed E-state index contributed by atoms with van der Waals surface area (Å²) in [5.74, 6) is -0.434. The van der Waals surface area contributed by atoms with Crippen LogP contribution in [0.4, 0.5) is 5.13 Å². The molecule has 0 aliphatic heterocycles. The van der Waals surface area contributed by atoms with E-state index in [4.69, 9.17) is 0 Å². The van der Waals surface area contributed by atoms with Crippen molar-refractivity contribution in [2.45, 2.75) is 52.0 Å². The SMILES string of the molecule is CC(=O)NC(C)C(=O)Nc1nc2c(s1)CCCCC2. The summed E-state index contributed by atoms with van der Waals surface area (Å²) in [5, 5.41) is 5.99. The first-order chi connectivity index (χ1) is 9.06. The molecule has 1 aromatic rings. The van der Waals surface area contributed by atoms with Gasteiger partial charge < -0.3 is 10.6 Å². The number of hydrogen-bond acceptors (Lipinski definition) is 4. The van der Waals surface area contributed by atoms with Crippen molar-refractivity contribution in [3.05, 3.63) is 10.6 Å². The number of carbonyl (C=O) groups is 2. The minimum atomic E-state index is -0.541. The molecule has 0 saturated heterocycles. The second-order valence-corrected chi connectivity index (χ2v) is 5.94. The van der Waals surface area contributed by atoms with Gasteiger partial charge in [0.1, 0.15) is 6.04 Å². The predicted molar refractivity (Wildman–Crippen MR) is 75.3 cm³/mol. The molecule has 1 unspecified atom stereocenters. The number of aryl methyl sites for hydroxylation is 2. The van der Waals surface area contributed by atoms with Crippen molar-refractivity contribution in [3.63, 3.8) is 0 Å². The van der Waals surface area contributed by atoms with E-state index in [1.54, 1.807) is 18.3 Å². The largest absolute Gasteiger partial charge is 0.345 e. The van der Waals surface area contributed by atoms with Crippen LogP contribution in [0.5, 0.6) is 0 Å². The van der Waals surface area contributed by atoms with Crippen LogP contribution >= 0.6 is 11.3 Å². The number of thiazole rings is 1. The maximum Gasteiger partial charge on any atom is 0.248 e. The van der Waals surface area contributed by atoms with Gasteiger partial charge in [0, 0.05) is 11.8 Å². The number of nitrogens with zero attached hydrogens (tertiary/aromatic N) is 1. The zero-order valence-corrected chi connectivity index (χ0v) is 12.1. The molecule has 1 aliphatic carbocycles. The third-order valence-corrected chi connectivity index (χ3v) is 4.21. The smallest absolute Gasteiger partial charge is 0.248 e. The van der Waals surface area contributed by atoms with Gasteiger partial charge in [0.25, 0.3) is 0 Å². The van der Waals surface area contributed by atoms with E-state index < -0.39 is 6.04 Å². The summed E-state index contributed by atoms with van der Waals surface area (Å²) in [6.45, 7) is 3.06. The van der Waals surface area contributed by atoms with E-state index in [0.29, 0.717) is 5.13 Å². The number of nitrogens with one attached hydrogen (secondary N) is 2. The molecule has 1 heterocycles. The molecule has 1 aliphatic rings. The van der Waals surface area contributed by atoms with Gasteiger partial charge in [0.15, 0.2) is 5.13 Å². The summed E-state index contributed by atoms with van der Waals surface area (Å²) in [7, 11) is 0. The lowest BCUT2D eigenvalue weighted by Gasteiger charge is -2.10. The van der Waals surface area contributed by atoms with Crippen molar-refractivity contribution >= 4 is 28.3 Å². The van der Waals surface area contributed by atoms with Crippen LogP contribution in [0.1, 0.15) is 43.7 Å². The van der Waals surface area contributed by atoms with Crippen LogP contribution in [0.25, 0.3) is 0 Å². The predicted octanol–water partition coefficient (Wildman–Crippen LogP) is 1.88. The first kappa shape index (κ1) is 14.0. The van der Waals surface area contributed by atoms with E-state index in [0.717, 1.165) is 18.5 Å². The van der Waals surface area contributed by atoms with Gasteiger partial charge in [-0.2, -0.15) is 0 Å². The van der Waals surface area contributed by atoms with Crippen molar-refractivity contribution in [2.24, 2.45) is 0 Å². The molecule has 0 radical (unpaired) electrons. The van der Waals surface area contributed by atoms with Crippen molar-refractivity contribution in [1.29, 1.82) is 0 Å². The van der Waals surface area contributed by atoms with Gasteiger partial charge in [-0.25, -0.2) is 4.98 Å². The fourth-order valence-corrected chi connectivity index (χ4v) is 3.22. The van der Waals surface area contributed by atoms with Crippen LogP contribution < -0.4 is 10.6 Å². The van der Waals surface area contributed by atoms with E-state index in [2.05, 4.69) is 15.6 Å². The van der Waals surface area contributed by atoms with Crippen LogP contribution in [-0.4, -0.2) is 22.8 Å². The highest BCUT2D eigenvalue weighted by atomic mass is 32.1. The lowest BCUT2D eigenvalue weighted by molar-refractivity contribution is -0.124. The Morgan fingerprint density at radius 3 is 2.74 bits per heavy atom. The second-order valence-electron chi connectivity index (χ2n) is 4.86. The second kappa shape index (κ2) is 6.14. The topological polar surface area (TPSA) is 71.1 Å². The monoisotopic (exact) mass is 281 g/mol. The van der Waals surface area contributed by atoms with Gasteiger partial charge in [0.2, 0.25) is 11.8 Å². The summed E-state index contributed by atoms with van der Waals surface area (Å²) < 4.78 is 0. The molecule has 0 aromatic carbocycles. The maximum absolute atomic E-state index is 11.9. The molecule has 0 bridgehead atoms. The average molecular weight is 281 g/mol. The Labute approximate surface area is 116 Å². The Balaban J connectivity index is 1.99. The molecule has 104 valence electrons. The van der Waals surface area contributed by atoms with Crippen LogP contribution in [0.15, 0.2) is 0 Å². The van der Waals surface area contributed by atoms with Crippen molar-refractivity contribution in [1.82, 2.24) is 10.3 Å². The normalized spacial score (nSPS) is 16.1. The lowest BCUT2D eigenvalue weighted by atomic mass is 10.2. The van der Waals surface area contributed by atoms with Gasteiger partial charge in [-0.15, -0.1) is 11.3 Å². The molecule has 2 N–H and O–H groups in total. The summed E-state index contributed by atoms with van der Waals surface area (Å²) in [5.41, 5.74) is 1.13. The van der Waals surface area contributed by atoms with Gasteiger partial charge >= 0.3 is 0 Å². The van der Waals surface area contributed by atoms with E-state index in [1.165, 1.54) is 31.1 Å². The Morgan fingerprint density at radius 2 is 2.00 bits per heavy atom. The molecule has 0 fully saturated rings. The first-order valence-electron chi connectivity index (χ1n) is 6.63. The molecule has 2 rings (SSSR count). The number of rotatable bonds is 3. The number of fused-ring (bicyclic) bond motifs is 1. The molecule has 1 aromatic heterocycles. The van der Waals surface area contributed by atoms with E-state index in [1.807, 2.05) is 0 Å². The van der Waals surface area contributed by atoms with Crippen LogP contribution in [-0.2, 0) is 22.4 Å². The van der Waals surface area contributed by atoms with Crippen LogP contribution in [0.2, 0.25) is 0 Å². The molecular formula is C13H19N3O2S. The standard InChI is InChI=1S/C13H19N3O2S/c1-8(14-9(2)17)12(18)16-13-15-10-6-4-3-5-7-11(10)19-13/h8H,3-7H2,1-2H3,(H,14,17)(H,15,16,18). The third-order valence-electron chi connectivity index (χ3n) is 3.14.